The van der Waals surface area contributed by atoms with E-state index >= 15 is 0 Å². The summed E-state index contributed by atoms with van der Waals surface area (Å²) in [6, 6.07) is 8.17. The molecule has 0 spiro atoms. The van der Waals surface area contributed by atoms with Crippen molar-refractivity contribution in [1.82, 2.24) is 9.80 Å². The summed E-state index contributed by atoms with van der Waals surface area (Å²) in [7, 11) is -3.22. The van der Waals surface area contributed by atoms with E-state index in [1.807, 2.05) is 18.2 Å². The van der Waals surface area contributed by atoms with Gasteiger partial charge in [-0.25, -0.2) is 8.42 Å². The summed E-state index contributed by atoms with van der Waals surface area (Å²) in [5, 5.41) is -0.385. The second-order valence-electron chi connectivity index (χ2n) is 8.95. The smallest absolute Gasteiger partial charge is 0.180 e. The summed E-state index contributed by atoms with van der Waals surface area (Å²) in [6.45, 7) is 16.1. The van der Waals surface area contributed by atoms with Crippen LogP contribution in [0.15, 0.2) is 29.2 Å². The average Bonchev–Trinajstić information content (AvgIpc) is 2.69. The zero-order chi connectivity index (χ0) is 20.3. The van der Waals surface area contributed by atoms with Crippen molar-refractivity contribution in [3.8, 4) is 0 Å². The summed E-state index contributed by atoms with van der Waals surface area (Å²) in [5.41, 5.74) is 1.05. The highest BCUT2D eigenvalue weighted by Crippen LogP contribution is 2.27. The lowest BCUT2D eigenvalue weighted by molar-refractivity contribution is 0.0931. The molecule has 6 heteroatoms. The van der Waals surface area contributed by atoms with Crippen molar-refractivity contribution < 1.29 is 8.42 Å². The molecule has 2 aliphatic heterocycles. The molecule has 1 aromatic carbocycles. The van der Waals surface area contributed by atoms with Crippen molar-refractivity contribution in [2.75, 3.05) is 50.7 Å². The Morgan fingerprint density at radius 3 is 2.18 bits per heavy atom. The topological polar surface area (TPSA) is 43.9 Å². The summed E-state index contributed by atoms with van der Waals surface area (Å²) < 4.78 is 25.0. The lowest BCUT2D eigenvalue weighted by atomic mass is 9.95. The maximum Gasteiger partial charge on any atom is 0.180 e. The van der Waals surface area contributed by atoms with Crippen molar-refractivity contribution in [1.29, 1.82) is 0 Å². The number of piperazine rings is 1. The zero-order valence-electron chi connectivity index (χ0n) is 18.0. The standard InChI is InChI=1S/C22H37N3O2S/c1-18(2)24-14-12-23(13-15-24)17-20-8-10-25(11-9-20)21-6-5-7-22(16-21)28(26,27)19(3)4/h5-7,16,18-20H,8-15,17H2,1-4H3. The lowest BCUT2D eigenvalue weighted by Gasteiger charge is -2.40. The molecular formula is C22H37N3O2S. The predicted molar refractivity (Wildman–Crippen MR) is 117 cm³/mol. The maximum absolute atomic E-state index is 12.5. The Morgan fingerprint density at radius 1 is 0.964 bits per heavy atom. The van der Waals surface area contributed by atoms with E-state index in [-0.39, 0.29) is 5.25 Å². The minimum atomic E-state index is -3.22. The largest absolute Gasteiger partial charge is 0.371 e. The van der Waals surface area contributed by atoms with Crippen molar-refractivity contribution in [2.24, 2.45) is 5.92 Å². The van der Waals surface area contributed by atoms with E-state index in [2.05, 4.69) is 28.5 Å². The first-order chi connectivity index (χ1) is 13.3. The number of sulfone groups is 1. The highest BCUT2D eigenvalue weighted by Gasteiger charge is 2.26. The van der Waals surface area contributed by atoms with Crippen LogP contribution in [0.5, 0.6) is 0 Å². The monoisotopic (exact) mass is 407 g/mol. The van der Waals surface area contributed by atoms with Crippen LogP contribution in [0.1, 0.15) is 40.5 Å². The normalized spacial score (nSPS) is 21.0. The van der Waals surface area contributed by atoms with Crippen LogP contribution in [0.25, 0.3) is 0 Å². The predicted octanol–water partition coefficient (Wildman–Crippen LogP) is 3.11. The van der Waals surface area contributed by atoms with E-state index in [1.165, 1.54) is 45.6 Å². The molecule has 3 rings (SSSR count). The Labute approximate surface area is 171 Å². The molecule has 2 aliphatic rings. The van der Waals surface area contributed by atoms with Crippen LogP contribution in [0.2, 0.25) is 0 Å². The Kier molecular flexibility index (Phi) is 7.05. The highest BCUT2D eigenvalue weighted by molar-refractivity contribution is 7.92. The van der Waals surface area contributed by atoms with E-state index in [1.54, 1.807) is 19.9 Å². The van der Waals surface area contributed by atoms with Crippen LogP contribution < -0.4 is 4.90 Å². The average molecular weight is 408 g/mol. The van der Waals surface area contributed by atoms with Gasteiger partial charge in [-0.05, 0) is 64.7 Å². The molecule has 2 heterocycles. The highest BCUT2D eigenvalue weighted by atomic mass is 32.2. The maximum atomic E-state index is 12.5. The van der Waals surface area contributed by atoms with Crippen molar-refractivity contribution in [3.05, 3.63) is 24.3 Å². The Bertz CT molecular complexity index is 732. The molecule has 0 aromatic heterocycles. The molecular weight excluding hydrogens is 370 g/mol. The second-order valence-corrected chi connectivity index (χ2v) is 11.5. The van der Waals surface area contributed by atoms with Crippen molar-refractivity contribution >= 4 is 15.5 Å². The van der Waals surface area contributed by atoms with Gasteiger partial charge in [0.15, 0.2) is 9.84 Å². The van der Waals surface area contributed by atoms with E-state index in [0.29, 0.717) is 10.9 Å². The van der Waals surface area contributed by atoms with Gasteiger partial charge < -0.3 is 9.80 Å². The van der Waals surface area contributed by atoms with Gasteiger partial charge in [-0.3, -0.25) is 4.90 Å². The van der Waals surface area contributed by atoms with Crippen LogP contribution in [-0.2, 0) is 9.84 Å². The van der Waals surface area contributed by atoms with E-state index in [4.69, 9.17) is 0 Å². The van der Waals surface area contributed by atoms with Gasteiger partial charge in [0.2, 0.25) is 0 Å². The third-order valence-corrected chi connectivity index (χ3v) is 8.55. The van der Waals surface area contributed by atoms with Crippen LogP contribution in [-0.4, -0.2) is 75.3 Å². The van der Waals surface area contributed by atoms with Gasteiger partial charge in [0.25, 0.3) is 0 Å². The molecule has 0 N–H and O–H groups in total. The number of hydrogen-bond donors (Lipinski definition) is 0. The number of anilines is 1. The number of piperidine rings is 1. The first-order valence-electron chi connectivity index (χ1n) is 10.8. The van der Waals surface area contributed by atoms with Crippen LogP contribution >= 0.6 is 0 Å². The third-order valence-electron chi connectivity index (χ3n) is 6.40. The fraction of sp³-hybridized carbons (Fsp3) is 0.727. The Balaban J connectivity index is 1.52. The molecule has 1 aromatic rings. The molecule has 0 unspecified atom stereocenters. The molecule has 5 nitrogen and oxygen atoms in total. The van der Waals surface area contributed by atoms with Gasteiger partial charge in [0.1, 0.15) is 0 Å². The Morgan fingerprint density at radius 2 is 1.61 bits per heavy atom. The van der Waals surface area contributed by atoms with Crippen molar-refractivity contribution in [3.63, 3.8) is 0 Å². The summed E-state index contributed by atoms with van der Waals surface area (Å²) in [5.74, 6) is 0.754. The van der Waals surface area contributed by atoms with Gasteiger partial charge in [-0.2, -0.15) is 0 Å². The fourth-order valence-electron chi connectivity index (χ4n) is 4.33. The summed E-state index contributed by atoms with van der Waals surface area (Å²) in [6.07, 6.45) is 2.37. The van der Waals surface area contributed by atoms with E-state index < -0.39 is 9.84 Å². The van der Waals surface area contributed by atoms with Gasteiger partial charge in [-0.1, -0.05) is 6.07 Å². The van der Waals surface area contributed by atoms with Crippen molar-refractivity contribution in [2.45, 2.75) is 56.7 Å². The van der Waals surface area contributed by atoms with Crippen LogP contribution in [0.4, 0.5) is 5.69 Å². The zero-order valence-corrected chi connectivity index (χ0v) is 18.8. The minimum Gasteiger partial charge on any atom is -0.371 e. The first-order valence-corrected chi connectivity index (χ1v) is 12.4. The molecule has 28 heavy (non-hydrogen) atoms. The molecule has 0 radical (unpaired) electrons. The number of rotatable bonds is 6. The molecule has 0 atom stereocenters. The quantitative estimate of drug-likeness (QED) is 0.725. The number of benzene rings is 1. The summed E-state index contributed by atoms with van der Waals surface area (Å²) >= 11 is 0. The SMILES string of the molecule is CC(C)N1CCN(CC2CCN(c3cccc(S(=O)(=O)C(C)C)c3)CC2)CC1. The van der Waals surface area contributed by atoms with Gasteiger partial charge in [0.05, 0.1) is 10.1 Å². The van der Waals surface area contributed by atoms with E-state index in [0.717, 1.165) is 24.7 Å². The third kappa shape index (κ3) is 5.08. The first kappa shape index (κ1) is 21.6. The molecule has 0 saturated carbocycles. The molecule has 2 saturated heterocycles. The fourth-order valence-corrected chi connectivity index (χ4v) is 5.43. The molecule has 0 bridgehead atoms. The molecule has 0 amide bonds. The van der Waals surface area contributed by atoms with Gasteiger partial charge in [0, 0.05) is 57.5 Å². The van der Waals surface area contributed by atoms with Crippen LogP contribution in [0.3, 0.4) is 0 Å². The number of nitrogens with zero attached hydrogens (tertiary/aromatic N) is 3. The molecule has 2 fully saturated rings. The second kappa shape index (κ2) is 9.14. The van der Waals surface area contributed by atoms with E-state index in [9.17, 15) is 8.42 Å². The summed E-state index contributed by atoms with van der Waals surface area (Å²) in [4.78, 5) is 8.00. The Hall–Kier alpha value is -1.11. The van der Waals surface area contributed by atoms with Crippen LogP contribution in [0, 0.1) is 5.92 Å². The van der Waals surface area contributed by atoms with Gasteiger partial charge >= 0.3 is 0 Å². The lowest BCUT2D eigenvalue weighted by Crippen LogP contribution is -2.50. The molecule has 158 valence electrons. The number of hydrogen-bond acceptors (Lipinski definition) is 5. The minimum absolute atomic E-state index is 0.385. The van der Waals surface area contributed by atoms with Gasteiger partial charge in [-0.15, -0.1) is 0 Å². The molecule has 0 aliphatic carbocycles.